The van der Waals surface area contributed by atoms with Crippen LogP contribution in [-0.4, -0.2) is 24.8 Å². The third-order valence-electron chi connectivity index (χ3n) is 2.79. The summed E-state index contributed by atoms with van der Waals surface area (Å²) in [5.41, 5.74) is 2.14. The molecule has 0 radical (unpaired) electrons. The molecular weight excluding hydrogens is 232 g/mol. The van der Waals surface area contributed by atoms with E-state index < -0.39 is 5.97 Å². The quantitative estimate of drug-likeness (QED) is 0.758. The largest absolute Gasteiger partial charge is 0.496 e. The van der Waals surface area contributed by atoms with Crippen LogP contribution >= 0.6 is 0 Å². The lowest BCUT2D eigenvalue weighted by molar-refractivity contribution is -0.137. The van der Waals surface area contributed by atoms with Crippen molar-refractivity contribution in [3.8, 4) is 5.75 Å². The summed E-state index contributed by atoms with van der Waals surface area (Å²) in [4.78, 5) is 10.4. The van der Waals surface area contributed by atoms with Crippen LogP contribution < -0.4 is 4.74 Å². The maximum Gasteiger partial charge on any atom is 0.303 e. The zero-order chi connectivity index (χ0) is 13.5. The van der Waals surface area contributed by atoms with Crippen LogP contribution in [0, 0.1) is 6.92 Å². The van der Waals surface area contributed by atoms with Gasteiger partial charge in [0, 0.05) is 13.0 Å². The highest BCUT2D eigenvalue weighted by atomic mass is 16.5. The van der Waals surface area contributed by atoms with Gasteiger partial charge in [-0.05, 0) is 43.5 Å². The first-order chi connectivity index (χ1) is 8.54. The van der Waals surface area contributed by atoms with Crippen LogP contribution in [-0.2, 0) is 9.53 Å². The summed E-state index contributed by atoms with van der Waals surface area (Å²) in [6.45, 7) is 4.40. The molecular formula is C14H20O4. The summed E-state index contributed by atoms with van der Waals surface area (Å²) < 4.78 is 10.8. The van der Waals surface area contributed by atoms with E-state index in [2.05, 4.69) is 0 Å². The summed E-state index contributed by atoms with van der Waals surface area (Å²) >= 11 is 0. The predicted octanol–water partition coefficient (Wildman–Crippen LogP) is 2.95. The maximum atomic E-state index is 10.4. The molecule has 0 aliphatic rings. The predicted molar refractivity (Wildman–Crippen MR) is 69.0 cm³/mol. The molecule has 0 saturated carbocycles. The van der Waals surface area contributed by atoms with Crippen molar-refractivity contribution in [3.63, 3.8) is 0 Å². The highest BCUT2D eigenvalue weighted by Crippen LogP contribution is 2.24. The van der Waals surface area contributed by atoms with Gasteiger partial charge in [-0.25, -0.2) is 0 Å². The first-order valence-corrected chi connectivity index (χ1v) is 6.02. The number of carbonyl (C=O) groups is 1. The third-order valence-corrected chi connectivity index (χ3v) is 2.79. The van der Waals surface area contributed by atoms with Gasteiger partial charge in [0.1, 0.15) is 5.75 Å². The van der Waals surface area contributed by atoms with Crippen molar-refractivity contribution in [2.24, 2.45) is 0 Å². The molecule has 0 aliphatic heterocycles. The van der Waals surface area contributed by atoms with Crippen LogP contribution in [0.3, 0.4) is 0 Å². The number of hydrogen-bond donors (Lipinski definition) is 1. The number of aryl methyl sites for hydroxylation is 1. The summed E-state index contributed by atoms with van der Waals surface area (Å²) in [5.74, 6) is 0.0726. The summed E-state index contributed by atoms with van der Waals surface area (Å²) in [7, 11) is 1.65. The van der Waals surface area contributed by atoms with E-state index in [9.17, 15) is 4.79 Å². The second-order valence-electron chi connectivity index (χ2n) is 4.24. The van der Waals surface area contributed by atoms with E-state index in [1.165, 1.54) is 0 Å². The smallest absolute Gasteiger partial charge is 0.303 e. The lowest BCUT2D eigenvalue weighted by atomic mass is 10.1. The van der Waals surface area contributed by atoms with Crippen molar-refractivity contribution in [2.45, 2.75) is 32.8 Å². The Bertz CT molecular complexity index is 401. The minimum Gasteiger partial charge on any atom is -0.496 e. The van der Waals surface area contributed by atoms with Crippen molar-refractivity contribution in [1.82, 2.24) is 0 Å². The Kier molecular flexibility index (Phi) is 5.65. The van der Waals surface area contributed by atoms with E-state index in [0.29, 0.717) is 13.0 Å². The van der Waals surface area contributed by atoms with Crippen LogP contribution in [0.4, 0.5) is 0 Å². The molecule has 4 nitrogen and oxygen atoms in total. The van der Waals surface area contributed by atoms with Crippen molar-refractivity contribution in [1.29, 1.82) is 0 Å². The van der Waals surface area contributed by atoms with E-state index >= 15 is 0 Å². The molecule has 0 fully saturated rings. The van der Waals surface area contributed by atoms with Gasteiger partial charge in [-0.2, -0.15) is 0 Å². The number of benzene rings is 1. The maximum absolute atomic E-state index is 10.4. The molecule has 0 aromatic heterocycles. The monoisotopic (exact) mass is 252 g/mol. The summed E-state index contributed by atoms with van der Waals surface area (Å²) in [6.07, 6.45) is 0.645. The van der Waals surface area contributed by atoms with Gasteiger partial charge >= 0.3 is 5.97 Å². The lowest BCUT2D eigenvalue weighted by Gasteiger charge is -2.15. The molecule has 0 aliphatic carbocycles. The van der Waals surface area contributed by atoms with Gasteiger partial charge in [0.05, 0.1) is 13.2 Å². The highest BCUT2D eigenvalue weighted by Gasteiger charge is 2.08. The van der Waals surface area contributed by atoms with E-state index in [0.717, 1.165) is 16.9 Å². The number of rotatable bonds is 7. The van der Waals surface area contributed by atoms with E-state index in [1.54, 1.807) is 7.11 Å². The van der Waals surface area contributed by atoms with Gasteiger partial charge in [0.2, 0.25) is 0 Å². The molecule has 0 spiro atoms. The topological polar surface area (TPSA) is 55.8 Å². The number of aliphatic carboxylic acids is 1. The average molecular weight is 252 g/mol. The first kappa shape index (κ1) is 14.5. The minimum atomic E-state index is -0.786. The standard InChI is InChI=1S/C14H20O4/c1-10-9-12(6-7-13(10)17-3)11(2)18-8-4-5-14(15)16/h6-7,9,11H,4-5,8H2,1-3H3,(H,15,16). The molecule has 1 aromatic carbocycles. The molecule has 18 heavy (non-hydrogen) atoms. The molecule has 100 valence electrons. The molecule has 0 heterocycles. The molecule has 0 amide bonds. The summed E-state index contributed by atoms with van der Waals surface area (Å²) in [5, 5.41) is 8.52. The second-order valence-corrected chi connectivity index (χ2v) is 4.24. The Morgan fingerprint density at radius 1 is 1.44 bits per heavy atom. The minimum absolute atomic E-state index is 0.0385. The SMILES string of the molecule is COc1ccc(C(C)OCCCC(=O)O)cc1C. The Morgan fingerprint density at radius 3 is 2.72 bits per heavy atom. The van der Waals surface area contributed by atoms with Crippen molar-refractivity contribution >= 4 is 5.97 Å². The molecule has 4 heteroatoms. The Hall–Kier alpha value is -1.55. The molecule has 1 aromatic rings. The highest BCUT2D eigenvalue weighted by molar-refractivity contribution is 5.66. The van der Waals surface area contributed by atoms with Gasteiger partial charge in [0.25, 0.3) is 0 Å². The van der Waals surface area contributed by atoms with Crippen LogP contribution in [0.15, 0.2) is 18.2 Å². The van der Waals surface area contributed by atoms with Crippen LogP contribution in [0.5, 0.6) is 5.75 Å². The van der Waals surface area contributed by atoms with Crippen LogP contribution in [0.2, 0.25) is 0 Å². The molecule has 0 saturated heterocycles. The number of methoxy groups -OCH3 is 1. The molecule has 0 bridgehead atoms. The van der Waals surface area contributed by atoms with E-state index in [4.69, 9.17) is 14.6 Å². The molecule has 1 N–H and O–H groups in total. The van der Waals surface area contributed by atoms with Crippen LogP contribution in [0.1, 0.15) is 37.0 Å². The number of carboxylic acids is 1. The zero-order valence-corrected chi connectivity index (χ0v) is 11.1. The summed E-state index contributed by atoms with van der Waals surface area (Å²) in [6, 6.07) is 5.91. The normalized spacial score (nSPS) is 12.2. The number of ether oxygens (including phenoxy) is 2. The van der Waals surface area contributed by atoms with E-state index in [1.807, 2.05) is 32.0 Å². The van der Waals surface area contributed by atoms with Crippen molar-refractivity contribution in [3.05, 3.63) is 29.3 Å². The van der Waals surface area contributed by atoms with Gasteiger partial charge in [0.15, 0.2) is 0 Å². The van der Waals surface area contributed by atoms with Gasteiger partial charge < -0.3 is 14.6 Å². The molecule has 1 unspecified atom stereocenters. The van der Waals surface area contributed by atoms with E-state index in [-0.39, 0.29) is 12.5 Å². The van der Waals surface area contributed by atoms with Crippen molar-refractivity contribution < 1.29 is 19.4 Å². The molecule has 1 atom stereocenters. The fourth-order valence-corrected chi connectivity index (χ4v) is 1.73. The van der Waals surface area contributed by atoms with Crippen molar-refractivity contribution in [2.75, 3.05) is 13.7 Å². The third kappa shape index (κ3) is 4.37. The average Bonchev–Trinajstić information content (AvgIpc) is 2.34. The van der Waals surface area contributed by atoms with Crippen LogP contribution in [0.25, 0.3) is 0 Å². The Morgan fingerprint density at radius 2 is 2.17 bits per heavy atom. The fourth-order valence-electron chi connectivity index (χ4n) is 1.73. The van der Waals surface area contributed by atoms with Gasteiger partial charge in [-0.15, -0.1) is 0 Å². The van der Waals surface area contributed by atoms with Gasteiger partial charge in [-0.1, -0.05) is 6.07 Å². The second kappa shape index (κ2) is 7.01. The van der Waals surface area contributed by atoms with Gasteiger partial charge in [-0.3, -0.25) is 4.79 Å². The Labute approximate surface area is 108 Å². The fraction of sp³-hybridized carbons (Fsp3) is 0.500. The molecule has 1 rings (SSSR count). The lowest BCUT2D eigenvalue weighted by Crippen LogP contribution is -2.04. The zero-order valence-electron chi connectivity index (χ0n) is 11.1. The number of hydrogen-bond acceptors (Lipinski definition) is 3. The Balaban J connectivity index is 2.48. The number of carboxylic acid groups (broad SMARTS) is 1. The first-order valence-electron chi connectivity index (χ1n) is 6.02.